The number of nitrogens with zero attached hydrogens (tertiary/aromatic N) is 1. The highest BCUT2D eigenvalue weighted by Gasteiger charge is 2.19. The number of furan rings is 1. The number of rotatable bonds is 7. The first-order valence-electron chi connectivity index (χ1n) is 6.75. The molecule has 0 saturated carbocycles. The van der Waals surface area contributed by atoms with Crippen LogP contribution in [0.1, 0.15) is 24.7 Å². The molecule has 0 amide bonds. The van der Waals surface area contributed by atoms with Crippen LogP contribution in [0.2, 0.25) is 0 Å². The minimum atomic E-state index is -3.72. The topological polar surface area (TPSA) is 84.2 Å². The predicted octanol–water partition coefficient (Wildman–Crippen LogP) is 2.28. The molecule has 2 aromatic heterocycles. The van der Waals surface area contributed by atoms with Gasteiger partial charge in [0.25, 0.3) is 10.0 Å². The zero-order valence-corrected chi connectivity index (χ0v) is 12.9. The van der Waals surface area contributed by atoms with E-state index in [4.69, 9.17) is 4.42 Å². The summed E-state index contributed by atoms with van der Waals surface area (Å²) in [5.74, 6) is 0.589. The molecule has 2 N–H and O–H groups in total. The first-order chi connectivity index (χ1) is 10.0. The molecule has 6 nitrogen and oxygen atoms in total. The first-order valence-corrected chi connectivity index (χ1v) is 8.23. The van der Waals surface area contributed by atoms with Crippen LogP contribution in [0.4, 0.5) is 5.69 Å². The molecule has 0 saturated heterocycles. The fourth-order valence-corrected chi connectivity index (χ4v) is 2.79. The van der Waals surface area contributed by atoms with Gasteiger partial charge in [-0.1, -0.05) is 6.92 Å². The van der Waals surface area contributed by atoms with Crippen molar-refractivity contribution in [1.29, 1.82) is 0 Å². The van der Waals surface area contributed by atoms with Crippen LogP contribution in [-0.2, 0) is 16.6 Å². The fraction of sp³-hybridized carbons (Fsp3) is 0.357. The van der Waals surface area contributed by atoms with E-state index in [1.807, 2.05) is 6.92 Å². The molecule has 0 aliphatic rings. The van der Waals surface area contributed by atoms with Gasteiger partial charge in [0.2, 0.25) is 5.09 Å². The highest BCUT2D eigenvalue weighted by molar-refractivity contribution is 7.92. The lowest BCUT2D eigenvalue weighted by atomic mass is 10.3. The van der Waals surface area contributed by atoms with Gasteiger partial charge in [-0.15, -0.1) is 0 Å². The molecular weight excluding hydrogens is 290 g/mol. The van der Waals surface area contributed by atoms with E-state index < -0.39 is 10.0 Å². The minimum Gasteiger partial charge on any atom is -0.446 e. The molecule has 2 rings (SSSR count). The maximum Gasteiger partial charge on any atom is 0.295 e. The van der Waals surface area contributed by atoms with E-state index in [-0.39, 0.29) is 5.09 Å². The molecule has 7 heteroatoms. The molecule has 114 valence electrons. The van der Waals surface area contributed by atoms with Crippen molar-refractivity contribution >= 4 is 15.7 Å². The lowest BCUT2D eigenvalue weighted by Gasteiger charge is -2.06. The number of hydrogen-bond donors (Lipinski definition) is 2. The van der Waals surface area contributed by atoms with Crippen molar-refractivity contribution in [2.24, 2.45) is 0 Å². The van der Waals surface area contributed by atoms with E-state index in [2.05, 4.69) is 21.9 Å². The molecule has 2 heterocycles. The summed E-state index contributed by atoms with van der Waals surface area (Å²) in [6.07, 6.45) is 4.12. The normalized spacial score (nSPS) is 11.5. The highest BCUT2D eigenvalue weighted by atomic mass is 32.2. The Kier molecular flexibility index (Phi) is 4.98. The molecule has 0 unspecified atom stereocenters. The molecule has 0 aliphatic carbocycles. The Morgan fingerprint density at radius 1 is 1.29 bits per heavy atom. The van der Waals surface area contributed by atoms with E-state index in [0.717, 1.165) is 18.5 Å². The summed E-state index contributed by atoms with van der Waals surface area (Å²) in [4.78, 5) is 3.95. The molecule has 0 aliphatic heterocycles. The predicted molar refractivity (Wildman–Crippen MR) is 80.5 cm³/mol. The third-order valence-electron chi connectivity index (χ3n) is 2.76. The Morgan fingerprint density at radius 3 is 2.81 bits per heavy atom. The average Bonchev–Trinajstić information content (AvgIpc) is 2.88. The lowest BCUT2D eigenvalue weighted by Crippen LogP contribution is -2.14. The number of sulfonamides is 1. The van der Waals surface area contributed by atoms with E-state index in [1.54, 1.807) is 18.3 Å². The van der Waals surface area contributed by atoms with Crippen LogP contribution in [0.3, 0.4) is 0 Å². The van der Waals surface area contributed by atoms with Gasteiger partial charge in [-0.25, -0.2) is 0 Å². The van der Waals surface area contributed by atoms with E-state index in [0.29, 0.717) is 18.0 Å². The highest BCUT2D eigenvalue weighted by Crippen LogP contribution is 2.18. The van der Waals surface area contributed by atoms with E-state index in [9.17, 15) is 8.42 Å². The van der Waals surface area contributed by atoms with Crippen LogP contribution in [0.5, 0.6) is 0 Å². The number of nitrogens with one attached hydrogen (secondary N) is 2. The van der Waals surface area contributed by atoms with Crippen LogP contribution in [0, 0.1) is 6.92 Å². The molecule has 0 spiro atoms. The summed E-state index contributed by atoms with van der Waals surface area (Å²) in [6.45, 7) is 5.27. The van der Waals surface area contributed by atoms with Crippen LogP contribution >= 0.6 is 0 Å². The van der Waals surface area contributed by atoms with Crippen LogP contribution < -0.4 is 10.0 Å². The summed E-state index contributed by atoms with van der Waals surface area (Å²) >= 11 is 0. The zero-order chi connectivity index (χ0) is 15.3. The summed E-state index contributed by atoms with van der Waals surface area (Å²) in [5.41, 5.74) is 1.29. The van der Waals surface area contributed by atoms with Gasteiger partial charge in [-0.05, 0) is 43.7 Å². The molecule has 0 fully saturated rings. The smallest absolute Gasteiger partial charge is 0.295 e. The SMILES string of the molecule is CCCNCc1ccc(S(=O)(=O)Nc2cncc(C)c2)o1. The number of pyridine rings is 1. The maximum absolute atomic E-state index is 12.2. The number of anilines is 1. The second kappa shape index (κ2) is 6.73. The number of aromatic nitrogens is 1. The summed E-state index contributed by atoms with van der Waals surface area (Å²) in [5, 5.41) is 3.05. The van der Waals surface area contributed by atoms with Gasteiger partial charge in [0, 0.05) is 6.20 Å². The molecule has 0 aromatic carbocycles. The summed E-state index contributed by atoms with van der Waals surface area (Å²) in [6, 6.07) is 4.82. The van der Waals surface area contributed by atoms with Crippen LogP contribution in [0.15, 0.2) is 40.1 Å². The Bertz CT molecular complexity index is 695. The lowest BCUT2D eigenvalue weighted by molar-refractivity contribution is 0.403. The average molecular weight is 309 g/mol. The fourth-order valence-electron chi connectivity index (χ4n) is 1.80. The van der Waals surface area contributed by atoms with Gasteiger partial charge < -0.3 is 9.73 Å². The standard InChI is InChI=1S/C14H19N3O3S/c1-3-6-15-10-13-4-5-14(20-13)21(18,19)17-12-7-11(2)8-16-9-12/h4-5,7-9,15,17H,3,6,10H2,1-2H3. The quantitative estimate of drug-likeness (QED) is 0.767. The van der Waals surface area contributed by atoms with Crippen molar-refractivity contribution in [1.82, 2.24) is 10.3 Å². The third kappa shape index (κ3) is 4.30. The summed E-state index contributed by atoms with van der Waals surface area (Å²) in [7, 11) is -3.72. The monoisotopic (exact) mass is 309 g/mol. The van der Waals surface area contributed by atoms with Crippen LogP contribution in [-0.4, -0.2) is 19.9 Å². The van der Waals surface area contributed by atoms with Crippen molar-refractivity contribution < 1.29 is 12.8 Å². The number of hydrogen-bond acceptors (Lipinski definition) is 5. The third-order valence-corrected chi connectivity index (χ3v) is 4.01. The van der Waals surface area contributed by atoms with E-state index in [1.165, 1.54) is 12.3 Å². The Morgan fingerprint density at radius 2 is 2.10 bits per heavy atom. The molecule has 0 atom stereocenters. The Labute approximate surface area is 124 Å². The molecule has 0 bridgehead atoms. The van der Waals surface area contributed by atoms with Crippen molar-refractivity contribution in [2.45, 2.75) is 31.9 Å². The van der Waals surface area contributed by atoms with Gasteiger partial charge in [0.15, 0.2) is 0 Å². The largest absolute Gasteiger partial charge is 0.446 e. The zero-order valence-electron chi connectivity index (χ0n) is 12.1. The van der Waals surface area contributed by atoms with E-state index >= 15 is 0 Å². The molecule has 0 radical (unpaired) electrons. The van der Waals surface area contributed by atoms with Gasteiger partial charge in [0.05, 0.1) is 18.4 Å². The van der Waals surface area contributed by atoms with Crippen molar-refractivity contribution in [2.75, 3.05) is 11.3 Å². The van der Waals surface area contributed by atoms with Crippen molar-refractivity contribution in [3.8, 4) is 0 Å². The minimum absolute atomic E-state index is 0.0997. The van der Waals surface area contributed by atoms with Crippen LogP contribution in [0.25, 0.3) is 0 Å². The second-order valence-electron chi connectivity index (χ2n) is 4.75. The molecule has 2 aromatic rings. The maximum atomic E-state index is 12.2. The van der Waals surface area contributed by atoms with Gasteiger partial charge in [0.1, 0.15) is 5.76 Å². The summed E-state index contributed by atoms with van der Waals surface area (Å²) < 4.78 is 32.2. The second-order valence-corrected chi connectivity index (χ2v) is 6.37. The molecular formula is C14H19N3O3S. The van der Waals surface area contributed by atoms with Crippen molar-refractivity contribution in [3.05, 3.63) is 41.9 Å². The van der Waals surface area contributed by atoms with Crippen molar-refractivity contribution in [3.63, 3.8) is 0 Å². The van der Waals surface area contributed by atoms with Gasteiger partial charge in [-0.3, -0.25) is 9.71 Å². The Balaban J connectivity index is 2.09. The molecule has 21 heavy (non-hydrogen) atoms. The van der Waals surface area contributed by atoms with Gasteiger partial charge >= 0.3 is 0 Å². The number of aryl methyl sites for hydroxylation is 1. The first kappa shape index (κ1) is 15.5. The van der Waals surface area contributed by atoms with Gasteiger partial charge in [-0.2, -0.15) is 8.42 Å². The Hall–Kier alpha value is -1.86.